The Morgan fingerprint density at radius 1 is 1.33 bits per heavy atom. The van der Waals surface area contributed by atoms with Crippen LogP contribution in [0.15, 0.2) is 35.8 Å². The molecule has 0 saturated carbocycles. The highest BCUT2D eigenvalue weighted by atomic mass is 32.1. The van der Waals surface area contributed by atoms with Crippen molar-refractivity contribution in [2.24, 2.45) is 0 Å². The van der Waals surface area contributed by atoms with Gasteiger partial charge in [0.05, 0.1) is 11.8 Å². The van der Waals surface area contributed by atoms with E-state index in [4.69, 9.17) is 4.74 Å². The van der Waals surface area contributed by atoms with Gasteiger partial charge in [-0.3, -0.25) is 0 Å². The van der Waals surface area contributed by atoms with Crippen LogP contribution in [0.2, 0.25) is 0 Å². The predicted molar refractivity (Wildman–Crippen MR) is 53.5 cm³/mol. The summed E-state index contributed by atoms with van der Waals surface area (Å²) in [5.41, 5.74) is 0.393. The lowest BCUT2D eigenvalue weighted by molar-refractivity contribution is 0.0735. The number of hydrogen-bond donors (Lipinski definition) is 0. The van der Waals surface area contributed by atoms with Gasteiger partial charge in [-0.05, 0) is 35.8 Å². The summed E-state index contributed by atoms with van der Waals surface area (Å²) < 4.78 is 21.3. The molecule has 0 unspecified atom stereocenters. The first-order valence-electron chi connectivity index (χ1n) is 4.13. The van der Waals surface area contributed by atoms with E-state index in [9.17, 15) is 9.18 Å². The topological polar surface area (TPSA) is 39.2 Å². The van der Waals surface area contributed by atoms with Gasteiger partial charge in [0.25, 0.3) is 0 Å². The minimum absolute atomic E-state index is 0.313. The molecule has 2 aromatic rings. The molecular weight excluding hydrogens is 217 g/mol. The molecular formula is C10H6FNO2S. The number of rotatable bonds is 2. The van der Waals surface area contributed by atoms with Crippen molar-refractivity contribution in [1.29, 1.82) is 0 Å². The second-order valence-corrected chi connectivity index (χ2v) is 3.41. The number of nitrogens with zero attached hydrogens (tertiary/aromatic N) is 1. The second kappa shape index (κ2) is 4.18. The largest absolute Gasteiger partial charge is 0.423 e. The maximum absolute atomic E-state index is 12.5. The van der Waals surface area contributed by atoms with Crippen LogP contribution >= 0.6 is 11.5 Å². The molecule has 2 rings (SSSR count). The zero-order valence-corrected chi connectivity index (χ0v) is 8.33. The molecule has 76 valence electrons. The van der Waals surface area contributed by atoms with Crippen molar-refractivity contribution >= 4 is 17.5 Å². The fourth-order valence-corrected chi connectivity index (χ4v) is 1.48. The third-order valence-electron chi connectivity index (χ3n) is 1.69. The average molecular weight is 223 g/mol. The van der Waals surface area contributed by atoms with Gasteiger partial charge in [-0.1, -0.05) is 0 Å². The van der Waals surface area contributed by atoms with E-state index in [1.54, 1.807) is 5.38 Å². The van der Waals surface area contributed by atoms with Crippen LogP contribution in [0.3, 0.4) is 0 Å². The van der Waals surface area contributed by atoms with Gasteiger partial charge >= 0.3 is 5.97 Å². The van der Waals surface area contributed by atoms with Crippen LogP contribution < -0.4 is 4.74 Å². The minimum Gasteiger partial charge on any atom is -0.423 e. The lowest BCUT2D eigenvalue weighted by Gasteiger charge is -2.01. The zero-order chi connectivity index (χ0) is 10.7. The first kappa shape index (κ1) is 9.79. The highest BCUT2D eigenvalue weighted by Crippen LogP contribution is 2.13. The predicted octanol–water partition coefficient (Wildman–Crippen LogP) is 2.50. The van der Waals surface area contributed by atoms with Gasteiger partial charge in [-0.25, -0.2) is 13.6 Å². The van der Waals surface area contributed by atoms with Crippen LogP contribution in [0.1, 0.15) is 10.4 Å². The van der Waals surface area contributed by atoms with Crippen LogP contribution in [0.25, 0.3) is 0 Å². The fraction of sp³-hybridized carbons (Fsp3) is 0. The molecule has 0 aliphatic heterocycles. The van der Waals surface area contributed by atoms with E-state index in [2.05, 4.69) is 4.37 Å². The molecule has 0 aliphatic carbocycles. The third-order valence-corrected chi connectivity index (χ3v) is 2.28. The van der Waals surface area contributed by atoms with Gasteiger partial charge < -0.3 is 4.74 Å². The summed E-state index contributed by atoms with van der Waals surface area (Å²) in [7, 11) is 0. The van der Waals surface area contributed by atoms with Crippen LogP contribution in [-0.4, -0.2) is 10.3 Å². The second-order valence-electron chi connectivity index (χ2n) is 2.76. The summed E-state index contributed by atoms with van der Waals surface area (Å²) in [6.07, 6.45) is 1.43. The van der Waals surface area contributed by atoms with Gasteiger partial charge in [-0.15, -0.1) is 0 Å². The summed E-state index contributed by atoms with van der Waals surface area (Å²) in [6.45, 7) is 0. The molecule has 0 aliphatic rings. The van der Waals surface area contributed by atoms with Crippen molar-refractivity contribution in [2.75, 3.05) is 0 Å². The molecule has 3 nitrogen and oxygen atoms in total. The molecule has 0 radical (unpaired) electrons. The van der Waals surface area contributed by atoms with Crippen molar-refractivity contribution < 1.29 is 13.9 Å². The quantitative estimate of drug-likeness (QED) is 0.580. The SMILES string of the molecule is O=C(Oc1ccc(F)cc1)c1cnsc1. The number of carbonyl (C=O) groups excluding carboxylic acids is 1. The van der Waals surface area contributed by atoms with Crippen molar-refractivity contribution in [3.63, 3.8) is 0 Å². The number of hydrogen-bond acceptors (Lipinski definition) is 4. The smallest absolute Gasteiger partial charge is 0.346 e. The highest BCUT2D eigenvalue weighted by molar-refractivity contribution is 7.03. The molecule has 0 amide bonds. The number of esters is 1. The maximum Gasteiger partial charge on any atom is 0.346 e. The molecule has 0 fully saturated rings. The summed E-state index contributed by atoms with van der Waals surface area (Å²) in [5, 5.41) is 1.59. The Hall–Kier alpha value is -1.75. The van der Waals surface area contributed by atoms with Gasteiger partial charge in [0.15, 0.2) is 0 Å². The van der Waals surface area contributed by atoms with E-state index in [0.29, 0.717) is 11.3 Å². The molecule has 15 heavy (non-hydrogen) atoms. The lowest BCUT2D eigenvalue weighted by atomic mass is 10.3. The molecule has 1 aromatic carbocycles. The zero-order valence-electron chi connectivity index (χ0n) is 7.51. The van der Waals surface area contributed by atoms with Gasteiger partial charge in [0.1, 0.15) is 11.6 Å². The van der Waals surface area contributed by atoms with Crippen LogP contribution in [0.5, 0.6) is 5.75 Å². The van der Waals surface area contributed by atoms with Crippen LogP contribution in [0.4, 0.5) is 4.39 Å². The normalized spacial score (nSPS) is 9.93. The first-order valence-corrected chi connectivity index (χ1v) is 4.96. The first-order chi connectivity index (χ1) is 7.25. The Bertz CT molecular complexity index is 453. The fourth-order valence-electron chi connectivity index (χ4n) is 0.974. The van der Waals surface area contributed by atoms with Crippen molar-refractivity contribution in [3.8, 4) is 5.75 Å². The van der Waals surface area contributed by atoms with E-state index in [1.165, 1.54) is 42.0 Å². The van der Waals surface area contributed by atoms with E-state index >= 15 is 0 Å². The Morgan fingerprint density at radius 2 is 2.07 bits per heavy atom. The average Bonchev–Trinajstić information content (AvgIpc) is 2.74. The molecule has 0 bridgehead atoms. The highest BCUT2D eigenvalue weighted by Gasteiger charge is 2.09. The van der Waals surface area contributed by atoms with E-state index in [-0.39, 0.29) is 5.82 Å². The van der Waals surface area contributed by atoms with Gasteiger partial charge in [0.2, 0.25) is 0 Å². The Labute approximate surface area is 89.3 Å². The number of carbonyl (C=O) groups is 1. The molecule has 1 heterocycles. The summed E-state index contributed by atoms with van der Waals surface area (Å²) in [5.74, 6) is -0.546. The van der Waals surface area contributed by atoms with Crippen molar-refractivity contribution in [2.45, 2.75) is 0 Å². The minimum atomic E-state index is -0.490. The Balaban J connectivity index is 2.09. The summed E-state index contributed by atoms with van der Waals surface area (Å²) >= 11 is 1.17. The van der Waals surface area contributed by atoms with Crippen LogP contribution in [0, 0.1) is 5.82 Å². The molecule has 0 atom stereocenters. The summed E-state index contributed by atoms with van der Waals surface area (Å²) in [6, 6.07) is 5.25. The van der Waals surface area contributed by atoms with E-state index in [1.807, 2.05) is 0 Å². The number of halogens is 1. The molecule has 0 saturated heterocycles. The molecule has 0 N–H and O–H groups in total. The standard InChI is InChI=1S/C10H6FNO2S/c11-8-1-3-9(4-2-8)14-10(13)7-5-12-15-6-7/h1-6H. The van der Waals surface area contributed by atoms with Crippen molar-refractivity contribution in [3.05, 3.63) is 47.2 Å². The molecule has 5 heteroatoms. The van der Waals surface area contributed by atoms with Crippen LogP contribution in [-0.2, 0) is 0 Å². The Morgan fingerprint density at radius 3 is 2.67 bits per heavy atom. The van der Waals surface area contributed by atoms with Gasteiger partial charge in [-0.2, -0.15) is 0 Å². The monoisotopic (exact) mass is 223 g/mol. The molecule has 0 spiro atoms. The molecule has 1 aromatic heterocycles. The van der Waals surface area contributed by atoms with E-state index in [0.717, 1.165) is 0 Å². The summed E-state index contributed by atoms with van der Waals surface area (Å²) in [4.78, 5) is 11.4. The maximum atomic E-state index is 12.5. The third kappa shape index (κ3) is 2.38. The Kier molecular flexibility index (Phi) is 2.73. The number of aromatic nitrogens is 1. The van der Waals surface area contributed by atoms with E-state index < -0.39 is 5.97 Å². The van der Waals surface area contributed by atoms with Crippen molar-refractivity contribution in [1.82, 2.24) is 4.37 Å². The number of benzene rings is 1. The lowest BCUT2D eigenvalue weighted by Crippen LogP contribution is -2.06. The number of ether oxygens (including phenoxy) is 1. The van der Waals surface area contributed by atoms with Gasteiger partial charge in [0, 0.05) is 5.38 Å².